The standard InChI is InChI=1S/C18H20F2N2O3S/c1-3-13-7-4-5-10-16(13)21-17(23)11-12-22(26(2,24)25)18-14(19)8-6-9-15(18)20/h4-10H,3,11-12H2,1-2H3,(H,21,23). The lowest BCUT2D eigenvalue weighted by Gasteiger charge is -2.23. The van der Waals surface area contributed by atoms with Crippen molar-refractivity contribution in [2.24, 2.45) is 0 Å². The molecule has 0 aliphatic heterocycles. The summed E-state index contributed by atoms with van der Waals surface area (Å²) < 4.78 is 52.4. The maximum atomic E-state index is 14.0. The molecule has 1 N–H and O–H groups in total. The Balaban J connectivity index is 2.17. The second-order valence-electron chi connectivity index (χ2n) is 5.71. The Hall–Kier alpha value is -2.48. The van der Waals surface area contributed by atoms with E-state index in [1.807, 2.05) is 19.1 Å². The molecule has 2 aromatic rings. The molecule has 2 aromatic carbocycles. The molecule has 8 heteroatoms. The summed E-state index contributed by atoms with van der Waals surface area (Å²) in [6.45, 7) is 1.56. The average Bonchev–Trinajstić information content (AvgIpc) is 2.56. The number of sulfonamides is 1. The molecule has 0 bridgehead atoms. The summed E-state index contributed by atoms with van der Waals surface area (Å²) in [6.07, 6.45) is 1.30. The molecule has 140 valence electrons. The van der Waals surface area contributed by atoms with Crippen molar-refractivity contribution in [3.05, 3.63) is 59.7 Å². The van der Waals surface area contributed by atoms with Crippen LogP contribution >= 0.6 is 0 Å². The normalized spacial score (nSPS) is 11.2. The van der Waals surface area contributed by atoms with Crippen molar-refractivity contribution in [2.45, 2.75) is 19.8 Å². The highest BCUT2D eigenvalue weighted by Crippen LogP contribution is 2.25. The number of amides is 1. The fourth-order valence-electron chi connectivity index (χ4n) is 2.54. The van der Waals surface area contributed by atoms with E-state index in [0.29, 0.717) is 16.4 Å². The number of aryl methyl sites for hydroxylation is 1. The number of hydrogen-bond donors (Lipinski definition) is 1. The molecule has 0 unspecified atom stereocenters. The second kappa shape index (κ2) is 8.27. The molecular weight excluding hydrogens is 362 g/mol. The Morgan fingerprint density at radius 2 is 1.69 bits per heavy atom. The molecule has 1 amide bonds. The highest BCUT2D eigenvalue weighted by atomic mass is 32.2. The number of carbonyl (C=O) groups excluding carboxylic acids is 1. The van der Waals surface area contributed by atoms with Crippen LogP contribution in [0.3, 0.4) is 0 Å². The fraction of sp³-hybridized carbons (Fsp3) is 0.278. The van der Waals surface area contributed by atoms with Crippen molar-refractivity contribution >= 4 is 27.3 Å². The third-order valence-electron chi connectivity index (χ3n) is 3.80. The third kappa shape index (κ3) is 4.78. The highest BCUT2D eigenvalue weighted by Gasteiger charge is 2.25. The number of anilines is 2. The van der Waals surface area contributed by atoms with Crippen molar-refractivity contribution in [3.63, 3.8) is 0 Å². The van der Waals surface area contributed by atoms with Gasteiger partial charge in [0.25, 0.3) is 0 Å². The van der Waals surface area contributed by atoms with Gasteiger partial charge in [0.1, 0.15) is 5.69 Å². The predicted octanol–water partition coefficient (Wildman–Crippen LogP) is 3.32. The lowest BCUT2D eigenvalue weighted by molar-refractivity contribution is -0.116. The molecule has 0 saturated carbocycles. The van der Waals surface area contributed by atoms with Crippen molar-refractivity contribution in [1.29, 1.82) is 0 Å². The summed E-state index contributed by atoms with van der Waals surface area (Å²) in [5, 5.41) is 2.70. The van der Waals surface area contributed by atoms with Crippen molar-refractivity contribution in [3.8, 4) is 0 Å². The zero-order valence-electron chi connectivity index (χ0n) is 14.5. The quantitative estimate of drug-likeness (QED) is 0.799. The van der Waals surface area contributed by atoms with E-state index in [4.69, 9.17) is 0 Å². The minimum atomic E-state index is -3.97. The smallest absolute Gasteiger partial charge is 0.232 e. The van der Waals surface area contributed by atoms with Crippen LogP contribution in [-0.4, -0.2) is 27.1 Å². The van der Waals surface area contributed by atoms with Crippen LogP contribution in [0.1, 0.15) is 18.9 Å². The van der Waals surface area contributed by atoms with Gasteiger partial charge in [-0.15, -0.1) is 0 Å². The molecule has 2 rings (SSSR count). The number of rotatable bonds is 7. The Labute approximate surface area is 151 Å². The number of para-hydroxylation sites is 2. The van der Waals surface area contributed by atoms with Crippen LogP contribution in [0.2, 0.25) is 0 Å². The Morgan fingerprint density at radius 1 is 1.08 bits per heavy atom. The van der Waals surface area contributed by atoms with E-state index < -0.39 is 33.3 Å². The first-order valence-electron chi connectivity index (χ1n) is 8.03. The first kappa shape index (κ1) is 19.8. The Kier molecular flexibility index (Phi) is 6.31. The molecule has 26 heavy (non-hydrogen) atoms. The van der Waals surface area contributed by atoms with Gasteiger partial charge in [-0.2, -0.15) is 0 Å². The van der Waals surface area contributed by atoms with Gasteiger partial charge >= 0.3 is 0 Å². The van der Waals surface area contributed by atoms with Crippen LogP contribution in [0.5, 0.6) is 0 Å². The van der Waals surface area contributed by atoms with Gasteiger partial charge in [-0.25, -0.2) is 17.2 Å². The summed E-state index contributed by atoms with van der Waals surface area (Å²) in [4.78, 5) is 12.2. The van der Waals surface area contributed by atoms with Gasteiger partial charge in [-0.1, -0.05) is 31.2 Å². The van der Waals surface area contributed by atoms with Gasteiger partial charge in [0.2, 0.25) is 15.9 Å². The molecule has 0 spiro atoms. The van der Waals surface area contributed by atoms with Crippen LogP contribution < -0.4 is 9.62 Å². The number of benzene rings is 2. The molecule has 0 aromatic heterocycles. The van der Waals surface area contributed by atoms with Gasteiger partial charge in [0.05, 0.1) is 6.26 Å². The second-order valence-corrected chi connectivity index (χ2v) is 7.62. The minimum absolute atomic E-state index is 0.251. The van der Waals surface area contributed by atoms with Gasteiger partial charge in [-0.05, 0) is 30.2 Å². The first-order valence-corrected chi connectivity index (χ1v) is 9.88. The SMILES string of the molecule is CCc1ccccc1NC(=O)CCN(c1c(F)cccc1F)S(C)(=O)=O. The molecular formula is C18H20F2N2O3S. The van der Waals surface area contributed by atoms with Crippen LogP contribution in [0.15, 0.2) is 42.5 Å². The summed E-state index contributed by atoms with van der Waals surface area (Å²) >= 11 is 0. The molecule has 0 aliphatic rings. The number of hydrogen-bond acceptors (Lipinski definition) is 3. The van der Waals surface area contributed by atoms with E-state index in [1.165, 1.54) is 0 Å². The number of carbonyl (C=O) groups is 1. The maximum absolute atomic E-state index is 14.0. The van der Waals surface area contributed by atoms with Gasteiger partial charge < -0.3 is 5.32 Å². The Morgan fingerprint density at radius 3 is 2.27 bits per heavy atom. The maximum Gasteiger partial charge on any atom is 0.232 e. The summed E-state index contributed by atoms with van der Waals surface area (Å²) in [5.41, 5.74) is 0.876. The number of nitrogens with zero attached hydrogens (tertiary/aromatic N) is 1. The largest absolute Gasteiger partial charge is 0.326 e. The van der Waals surface area contributed by atoms with E-state index in [9.17, 15) is 22.0 Å². The molecule has 0 fully saturated rings. The topological polar surface area (TPSA) is 66.5 Å². The number of halogens is 2. The molecule has 0 atom stereocenters. The minimum Gasteiger partial charge on any atom is -0.326 e. The van der Waals surface area contributed by atoms with E-state index >= 15 is 0 Å². The van der Waals surface area contributed by atoms with Crippen molar-refractivity contribution in [1.82, 2.24) is 0 Å². The lowest BCUT2D eigenvalue weighted by atomic mass is 10.1. The van der Waals surface area contributed by atoms with Crippen LogP contribution in [-0.2, 0) is 21.2 Å². The van der Waals surface area contributed by atoms with E-state index in [2.05, 4.69) is 5.32 Å². The van der Waals surface area contributed by atoms with E-state index in [1.54, 1.807) is 12.1 Å². The van der Waals surface area contributed by atoms with Gasteiger partial charge in [0, 0.05) is 18.7 Å². The van der Waals surface area contributed by atoms with Crippen LogP contribution in [0.4, 0.5) is 20.2 Å². The highest BCUT2D eigenvalue weighted by molar-refractivity contribution is 7.92. The van der Waals surface area contributed by atoms with Gasteiger partial charge in [0.15, 0.2) is 11.6 Å². The summed E-state index contributed by atoms with van der Waals surface area (Å²) in [6, 6.07) is 10.3. The molecule has 0 saturated heterocycles. The third-order valence-corrected chi connectivity index (χ3v) is 4.97. The molecule has 0 heterocycles. The van der Waals surface area contributed by atoms with Crippen molar-refractivity contribution in [2.75, 3.05) is 22.4 Å². The monoisotopic (exact) mass is 382 g/mol. The number of nitrogens with one attached hydrogen (secondary N) is 1. The molecule has 5 nitrogen and oxygen atoms in total. The Bertz CT molecular complexity index is 881. The fourth-order valence-corrected chi connectivity index (χ4v) is 3.47. The van der Waals surface area contributed by atoms with E-state index in [0.717, 1.165) is 30.0 Å². The summed E-state index contributed by atoms with van der Waals surface area (Å²) in [7, 11) is -3.97. The predicted molar refractivity (Wildman–Crippen MR) is 97.6 cm³/mol. The lowest BCUT2D eigenvalue weighted by Crippen LogP contribution is -2.34. The van der Waals surface area contributed by atoms with Crippen LogP contribution in [0, 0.1) is 11.6 Å². The zero-order valence-corrected chi connectivity index (χ0v) is 15.3. The van der Waals surface area contributed by atoms with Crippen molar-refractivity contribution < 1.29 is 22.0 Å². The van der Waals surface area contributed by atoms with Gasteiger partial charge in [-0.3, -0.25) is 9.10 Å². The zero-order chi connectivity index (χ0) is 19.3. The molecule has 0 radical (unpaired) electrons. The summed E-state index contributed by atoms with van der Waals surface area (Å²) in [5.74, 6) is -2.46. The molecule has 0 aliphatic carbocycles. The average molecular weight is 382 g/mol. The van der Waals surface area contributed by atoms with E-state index in [-0.39, 0.29) is 13.0 Å². The van der Waals surface area contributed by atoms with Crippen LogP contribution in [0.25, 0.3) is 0 Å². The first-order chi connectivity index (χ1) is 12.2.